The first-order valence-electron chi connectivity index (χ1n) is 8.13. The Morgan fingerprint density at radius 2 is 2.00 bits per heavy atom. The quantitative estimate of drug-likeness (QED) is 0.865. The van der Waals surface area contributed by atoms with Crippen LogP contribution in [0.5, 0.6) is 0 Å². The summed E-state index contributed by atoms with van der Waals surface area (Å²) >= 11 is 0. The van der Waals surface area contributed by atoms with Gasteiger partial charge >= 0.3 is 0 Å². The molecule has 0 saturated carbocycles. The first kappa shape index (κ1) is 20.2. The van der Waals surface area contributed by atoms with Crippen LogP contribution in [0.4, 0.5) is 0 Å². The second-order valence-electron chi connectivity index (χ2n) is 6.09. The van der Waals surface area contributed by atoms with Gasteiger partial charge in [0.15, 0.2) is 0 Å². The van der Waals surface area contributed by atoms with Crippen LogP contribution in [-0.4, -0.2) is 43.0 Å². The Morgan fingerprint density at radius 1 is 1.22 bits per heavy atom. The lowest BCUT2D eigenvalue weighted by Gasteiger charge is -2.29. The first-order valence-corrected chi connectivity index (χ1v) is 8.13. The molecule has 23 heavy (non-hydrogen) atoms. The van der Waals surface area contributed by atoms with Crippen LogP contribution in [0.3, 0.4) is 0 Å². The fraction of sp³-hybridized carbons (Fsp3) is 0.588. The van der Waals surface area contributed by atoms with Crippen LogP contribution in [-0.2, 0) is 17.8 Å². The molecule has 1 amide bonds. The van der Waals surface area contributed by atoms with Gasteiger partial charge < -0.3 is 10.6 Å². The van der Waals surface area contributed by atoms with Crippen molar-refractivity contribution in [2.24, 2.45) is 0 Å². The van der Waals surface area contributed by atoms with Crippen molar-refractivity contribution in [1.29, 1.82) is 0 Å². The zero-order chi connectivity index (χ0) is 14.5. The zero-order valence-electron chi connectivity index (χ0n) is 13.4. The zero-order valence-corrected chi connectivity index (χ0v) is 15.1. The number of piperidine rings is 1. The Hall–Kier alpha value is -0.810. The highest BCUT2D eigenvalue weighted by Gasteiger charge is 2.20. The van der Waals surface area contributed by atoms with E-state index in [0.29, 0.717) is 0 Å². The van der Waals surface area contributed by atoms with E-state index in [1.165, 1.54) is 17.5 Å². The molecule has 2 aliphatic rings. The Kier molecular flexibility index (Phi) is 8.92. The monoisotopic (exact) mass is 359 g/mol. The molecule has 4 nitrogen and oxygen atoms in total. The molecule has 1 aromatic carbocycles. The van der Waals surface area contributed by atoms with E-state index >= 15 is 0 Å². The van der Waals surface area contributed by atoms with Gasteiger partial charge in [-0.05, 0) is 36.9 Å². The molecule has 1 fully saturated rings. The van der Waals surface area contributed by atoms with Gasteiger partial charge in [0, 0.05) is 26.2 Å². The predicted octanol–water partition coefficient (Wildman–Crippen LogP) is 2.15. The normalized spacial score (nSPS) is 20.6. The fourth-order valence-corrected chi connectivity index (χ4v) is 3.28. The molecular formula is C17H27Cl2N3O. The number of fused-ring (bicyclic) bond motifs is 1. The number of carbonyl (C=O) groups excluding carboxylic acids is 1. The molecule has 0 radical (unpaired) electrons. The Balaban J connectivity index is 0.00000132. The van der Waals surface area contributed by atoms with Crippen LogP contribution in [0.25, 0.3) is 0 Å². The number of benzene rings is 1. The second kappa shape index (κ2) is 10.1. The van der Waals surface area contributed by atoms with Crippen molar-refractivity contribution in [2.45, 2.75) is 38.3 Å². The van der Waals surface area contributed by atoms with E-state index in [4.69, 9.17) is 0 Å². The highest BCUT2D eigenvalue weighted by Crippen LogP contribution is 2.17. The maximum Gasteiger partial charge on any atom is 0.237 e. The lowest BCUT2D eigenvalue weighted by atomic mass is 10.00. The number of carbonyl (C=O) groups is 1. The summed E-state index contributed by atoms with van der Waals surface area (Å²) < 4.78 is 0. The van der Waals surface area contributed by atoms with Gasteiger partial charge in [-0.1, -0.05) is 30.7 Å². The van der Waals surface area contributed by atoms with Crippen LogP contribution >= 0.6 is 24.8 Å². The molecule has 1 saturated heterocycles. The summed E-state index contributed by atoms with van der Waals surface area (Å²) in [6.07, 6.45) is 4.45. The minimum Gasteiger partial charge on any atom is -0.353 e. The summed E-state index contributed by atoms with van der Waals surface area (Å²) in [4.78, 5) is 14.5. The molecule has 2 aliphatic heterocycles. The Morgan fingerprint density at radius 3 is 2.74 bits per heavy atom. The maximum absolute atomic E-state index is 12.0. The van der Waals surface area contributed by atoms with Gasteiger partial charge in [-0.25, -0.2) is 0 Å². The van der Waals surface area contributed by atoms with Gasteiger partial charge in [0.2, 0.25) is 5.91 Å². The molecular weight excluding hydrogens is 333 g/mol. The fourth-order valence-electron chi connectivity index (χ4n) is 3.28. The van der Waals surface area contributed by atoms with Gasteiger partial charge in [0.1, 0.15) is 0 Å². The van der Waals surface area contributed by atoms with Gasteiger partial charge in [-0.3, -0.25) is 9.69 Å². The van der Waals surface area contributed by atoms with Crippen molar-refractivity contribution in [1.82, 2.24) is 15.5 Å². The van der Waals surface area contributed by atoms with E-state index in [2.05, 4.69) is 39.8 Å². The molecule has 0 aliphatic carbocycles. The predicted molar refractivity (Wildman–Crippen MR) is 98.6 cm³/mol. The average molecular weight is 360 g/mol. The summed E-state index contributed by atoms with van der Waals surface area (Å²) in [6, 6.07) is 8.70. The molecule has 1 unspecified atom stereocenters. The highest BCUT2D eigenvalue weighted by atomic mass is 35.5. The summed E-state index contributed by atoms with van der Waals surface area (Å²) in [5.41, 5.74) is 2.91. The molecule has 0 bridgehead atoms. The smallest absolute Gasteiger partial charge is 0.237 e. The van der Waals surface area contributed by atoms with Gasteiger partial charge in [0.05, 0.1) is 6.04 Å². The third-order valence-corrected chi connectivity index (χ3v) is 4.56. The summed E-state index contributed by atoms with van der Waals surface area (Å²) in [5, 5.41) is 6.38. The summed E-state index contributed by atoms with van der Waals surface area (Å²) in [5.74, 6) is 0.173. The van der Waals surface area contributed by atoms with Crippen LogP contribution < -0.4 is 10.6 Å². The van der Waals surface area contributed by atoms with E-state index in [1.54, 1.807) is 0 Å². The number of nitrogens with one attached hydrogen (secondary N) is 2. The molecule has 2 heterocycles. The van der Waals surface area contributed by atoms with E-state index in [0.717, 1.165) is 52.0 Å². The van der Waals surface area contributed by atoms with Crippen molar-refractivity contribution >= 4 is 30.7 Å². The van der Waals surface area contributed by atoms with E-state index in [9.17, 15) is 4.79 Å². The summed E-state index contributed by atoms with van der Waals surface area (Å²) in [7, 11) is 0. The van der Waals surface area contributed by atoms with Crippen molar-refractivity contribution in [3.8, 4) is 0 Å². The van der Waals surface area contributed by atoms with Gasteiger partial charge in [0.25, 0.3) is 0 Å². The standard InChI is InChI=1S/C17H25N3O.2ClH/c21-17(16-7-3-4-9-18-16)19-10-12-20-11-8-14-5-1-2-6-15(14)13-20;;/h1-2,5-6,16,18H,3-4,7-13H2,(H,19,21);2*1H. The minimum atomic E-state index is 0. The number of hydrogen-bond acceptors (Lipinski definition) is 3. The van der Waals surface area contributed by atoms with Crippen LogP contribution in [0.1, 0.15) is 30.4 Å². The molecule has 0 aromatic heterocycles. The number of halogens is 2. The average Bonchev–Trinajstić information content (AvgIpc) is 2.55. The largest absolute Gasteiger partial charge is 0.353 e. The lowest BCUT2D eigenvalue weighted by Crippen LogP contribution is -2.48. The highest BCUT2D eigenvalue weighted by molar-refractivity contribution is 5.85. The number of rotatable bonds is 4. The van der Waals surface area contributed by atoms with Crippen molar-refractivity contribution in [2.75, 3.05) is 26.2 Å². The Labute approximate surface area is 151 Å². The molecule has 1 aromatic rings. The number of nitrogens with zero attached hydrogens (tertiary/aromatic N) is 1. The van der Waals surface area contributed by atoms with Crippen molar-refractivity contribution < 1.29 is 4.79 Å². The topological polar surface area (TPSA) is 44.4 Å². The van der Waals surface area contributed by atoms with Gasteiger partial charge in [-0.2, -0.15) is 0 Å². The molecule has 130 valence electrons. The molecule has 0 spiro atoms. The molecule has 3 rings (SSSR count). The van der Waals surface area contributed by atoms with Crippen molar-refractivity contribution in [3.05, 3.63) is 35.4 Å². The van der Waals surface area contributed by atoms with Crippen LogP contribution in [0.15, 0.2) is 24.3 Å². The molecule has 1 atom stereocenters. The van der Waals surface area contributed by atoms with Crippen LogP contribution in [0.2, 0.25) is 0 Å². The summed E-state index contributed by atoms with van der Waals surface area (Å²) in [6.45, 7) is 4.76. The number of hydrogen-bond donors (Lipinski definition) is 2. The van der Waals surface area contributed by atoms with Gasteiger partial charge in [-0.15, -0.1) is 24.8 Å². The number of amides is 1. The first-order chi connectivity index (χ1) is 10.3. The molecule has 2 N–H and O–H groups in total. The Bertz CT molecular complexity index is 492. The third kappa shape index (κ3) is 5.64. The SMILES string of the molecule is Cl.Cl.O=C(NCCN1CCc2ccccc2C1)C1CCCCN1. The van der Waals surface area contributed by atoms with E-state index < -0.39 is 0 Å². The maximum atomic E-state index is 12.0. The second-order valence-corrected chi connectivity index (χ2v) is 6.09. The van der Waals surface area contributed by atoms with Crippen LogP contribution in [0, 0.1) is 0 Å². The van der Waals surface area contributed by atoms with Crippen molar-refractivity contribution in [3.63, 3.8) is 0 Å². The molecule has 6 heteroatoms. The van der Waals surface area contributed by atoms with E-state index in [1.807, 2.05) is 0 Å². The minimum absolute atomic E-state index is 0. The van der Waals surface area contributed by atoms with E-state index in [-0.39, 0.29) is 36.8 Å². The lowest BCUT2D eigenvalue weighted by molar-refractivity contribution is -0.123. The third-order valence-electron chi connectivity index (χ3n) is 4.56.